The molecule has 0 aliphatic rings. The Morgan fingerprint density at radius 2 is 2.11 bits per heavy atom. The van der Waals surface area contributed by atoms with Crippen LogP contribution in [0.15, 0.2) is 35.3 Å². The highest BCUT2D eigenvalue weighted by Gasteiger charge is 2.13. The van der Waals surface area contributed by atoms with Crippen LogP contribution in [-0.4, -0.2) is 19.6 Å². The Balaban J connectivity index is 2.04. The summed E-state index contributed by atoms with van der Waals surface area (Å²) in [6.45, 7) is 2.28. The van der Waals surface area contributed by atoms with Crippen LogP contribution in [0, 0.1) is 0 Å². The summed E-state index contributed by atoms with van der Waals surface area (Å²) in [4.78, 5) is 17.5. The van der Waals surface area contributed by atoms with E-state index < -0.39 is 0 Å². The minimum absolute atomic E-state index is 0.0257. The minimum atomic E-state index is -0.269. The second-order valence-electron chi connectivity index (χ2n) is 4.51. The molecular formula is C14H15N3O2. The number of hydrogen-bond donors (Lipinski definition) is 3. The zero-order chi connectivity index (χ0) is 13.4. The average molecular weight is 257 g/mol. The van der Waals surface area contributed by atoms with E-state index in [9.17, 15) is 9.90 Å². The van der Waals surface area contributed by atoms with Gasteiger partial charge in [-0.2, -0.15) is 0 Å². The molecular weight excluding hydrogens is 242 g/mol. The molecule has 0 fully saturated rings. The first kappa shape index (κ1) is 11.6. The van der Waals surface area contributed by atoms with Crippen LogP contribution >= 0.6 is 0 Å². The Hall–Kier alpha value is -2.43. The molecule has 0 atom stereocenters. The van der Waals surface area contributed by atoms with E-state index in [2.05, 4.69) is 9.97 Å². The Kier molecular flexibility index (Phi) is 2.67. The molecule has 3 N–H and O–H groups in total. The van der Waals surface area contributed by atoms with Gasteiger partial charge in [-0.1, -0.05) is 18.2 Å². The minimum Gasteiger partial charge on any atom is -0.493 e. The molecule has 0 radical (unpaired) electrons. The number of hydrogen-bond acceptors (Lipinski definition) is 2. The number of aromatic amines is 2. The summed E-state index contributed by atoms with van der Waals surface area (Å²) in [6, 6.07) is 7.96. The summed E-state index contributed by atoms with van der Waals surface area (Å²) in [5.41, 5.74) is 2.39. The van der Waals surface area contributed by atoms with Crippen LogP contribution in [0.5, 0.6) is 5.88 Å². The molecule has 19 heavy (non-hydrogen) atoms. The third kappa shape index (κ3) is 1.83. The van der Waals surface area contributed by atoms with Gasteiger partial charge in [0, 0.05) is 30.1 Å². The Morgan fingerprint density at radius 3 is 2.84 bits per heavy atom. The zero-order valence-corrected chi connectivity index (χ0v) is 10.6. The van der Waals surface area contributed by atoms with Gasteiger partial charge in [-0.15, -0.1) is 0 Å². The summed E-state index contributed by atoms with van der Waals surface area (Å²) in [7, 11) is 0. The number of fused-ring (bicyclic) bond motifs is 1. The van der Waals surface area contributed by atoms with E-state index in [-0.39, 0.29) is 11.6 Å². The smallest absolute Gasteiger partial charge is 0.328 e. The maximum absolute atomic E-state index is 11.6. The number of rotatable bonds is 3. The van der Waals surface area contributed by atoms with E-state index in [1.54, 1.807) is 0 Å². The van der Waals surface area contributed by atoms with Crippen LogP contribution < -0.4 is 5.69 Å². The first-order valence-electron chi connectivity index (χ1n) is 6.26. The Morgan fingerprint density at radius 1 is 1.32 bits per heavy atom. The van der Waals surface area contributed by atoms with Crippen LogP contribution in [0.25, 0.3) is 10.9 Å². The summed E-state index contributed by atoms with van der Waals surface area (Å²) < 4.78 is 1.32. The van der Waals surface area contributed by atoms with Gasteiger partial charge < -0.3 is 15.1 Å². The summed E-state index contributed by atoms with van der Waals surface area (Å²) in [6.07, 6.45) is 2.41. The lowest BCUT2D eigenvalue weighted by Gasteiger charge is -2.00. The first-order chi connectivity index (χ1) is 9.20. The lowest BCUT2D eigenvalue weighted by atomic mass is 10.1. The number of nitrogens with zero attached hydrogens (tertiary/aromatic N) is 1. The van der Waals surface area contributed by atoms with Crippen LogP contribution in [-0.2, 0) is 13.0 Å². The maximum atomic E-state index is 11.6. The quantitative estimate of drug-likeness (QED) is 0.671. The second kappa shape index (κ2) is 4.35. The van der Waals surface area contributed by atoms with Crippen LogP contribution in [0.1, 0.15) is 18.2 Å². The molecule has 2 heterocycles. The van der Waals surface area contributed by atoms with Crippen molar-refractivity contribution in [3.05, 3.63) is 52.2 Å². The number of para-hydroxylation sites is 1. The van der Waals surface area contributed by atoms with Crippen LogP contribution in [0.3, 0.4) is 0 Å². The summed E-state index contributed by atoms with van der Waals surface area (Å²) in [5.74, 6) is 0.0257. The zero-order valence-electron chi connectivity index (χ0n) is 10.6. The Labute approximate surface area is 109 Å². The molecule has 0 spiro atoms. The number of benzene rings is 1. The van der Waals surface area contributed by atoms with Gasteiger partial charge in [0.2, 0.25) is 5.88 Å². The third-order valence-electron chi connectivity index (χ3n) is 3.39. The fourth-order valence-corrected chi connectivity index (χ4v) is 2.40. The van der Waals surface area contributed by atoms with E-state index in [1.165, 1.54) is 4.57 Å². The van der Waals surface area contributed by atoms with E-state index in [1.807, 2.05) is 37.4 Å². The van der Waals surface area contributed by atoms with Crippen LogP contribution in [0.2, 0.25) is 0 Å². The number of nitrogens with one attached hydrogen (secondary N) is 2. The van der Waals surface area contributed by atoms with Gasteiger partial charge in [-0.05, 0) is 18.6 Å². The average Bonchev–Trinajstić information content (AvgIpc) is 2.93. The van der Waals surface area contributed by atoms with Crippen LogP contribution in [0.4, 0.5) is 0 Å². The van der Waals surface area contributed by atoms with E-state index in [0.717, 1.165) is 16.5 Å². The number of H-pyrrole nitrogens is 2. The standard InChI is InChI=1S/C14H15N3O2/c1-2-17-13(18)12(16-14(17)19)7-9-8-15-11-6-4-3-5-10(9)11/h3-6,8,15,18H,2,7H2,1H3,(H,16,19). The highest BCUT2D eigenvalue weighted by molar-refractivity contribution is 5.83. The highest BCUT2D eigenvalue weighted by atomic mass is 16.3. The molecule has 1 aromatic carbocycles. The van der Waals surface area contributed by atoms with Gasteiger partial charge in [-0.3, -0.25) is 4.57 Å². The molecule has 3 rings (SSSR count). The van der Waals surface area contributed by atoms with Crippen molar-refractivity contribution in [1.82, 2.24) is 14.5 Å². The van der Waals surface area contributed by atoms with E-state index in [4.69, 9.17) is 0 Å². The molecule has 5 heteroatoms. The largest absolute Gasteiger partial charge is 0.493 e. The van der Waals surface area contributed by atoms with Crippen molar-refractivity contribution in [2.45, 2.75) is 19.9 Å². The van der Waals surface area contributed by atoms with Crippen molar-refractivity contribution >= 4 is 10.9 Å². The van der Waals surface area contributed by atoms with Gasteiger partial charge in [0.15, 0.2) is 0 Å². The second-order valence-corrected chi connectivity index (χ2v) is 4.51. The summed E-state index contributed by atoms with van der Waals surface area (Å²) in [5, 5.41) is 11.1. The number of imidazole rings is 1. The van der Waals surface area contributed by atoms with Crippen molar-refractivity contribution in [3.63, 3.8) is 0 Å². The molecule has 5 nitrogen and oxygen atoms in total. The molecule has 0 aliphatic carbocycles. The third-order valence-corrected chi connectivity index (χ3v) is 3.39. The molecule has 2 aromatic heterocycles. The number of aromatic nitrogens is 3. The first-order valence-corrected chi connectivity index (χ1v) is 6.26. The van der Waals surface area contributed by atoms with Gasteiger partial charge in [-0.25, -0.2) is 4.79 Å². The van der Waals surface area contributed by atoms with Crippen molar-refractivity contribution in [3.8, 4) is 5.88 Å². The molecule has 98 valence electrons. The van der Waals surface area contributed by atoms with Crippen molar-refractivity contribution in [2.24, 2.45) is 0 Å². The molecule has 3 aromatic rings. The monoisotopic (exact) mass is 257 g/mol. The molecule has 0 saturated carbocycles. The fourth-order valence-electron chi connectivity index (χ4n) is 2.40. The summed E-state index contributed by atoms with van der Waals surface area (Å²) >= 11 is 0. The van der Waals surface area contributed by atoms with Gasteiger partial charge >= 0.3 is 5.69 Å². The molecule has 0 saturated heterocycles. The highest BCUT2D eigenvalue weighted by Crippen LogP contribution is 2.23. The molecule has 0 bridgehead atoms. The van der Waals surface area contributed by atoms with Crippen molar-refractivity contribution < 1.29 is 5.11 Å². The fraction of sp³-hybridized carbons (Fsp3) is 0.214. The van der Waals surface area contributed by atoms with E-state index in [0.29, 0.717) is 18.7 Å². The van der Waals surface area contributed by atoms with Gasteiger partial charge in [0.25, 0.3) is 0 Å². The Bertz CT molecular complexity index is 779. The number of aromatic hydroxyl groups is 1. The maximum Gasteiger partial charge on any atom is 0.328 e. The normalized spacial score (nSPS) is 11.2. The van der Waals surface area contributed by atoms with Gasteiger partial charge in [0.05, 0.1) is 5.69 Å². The SMILES string of the molecule is CCn1c(O)c(Cc2c[nH]c3ccccc23)[nH]c1=O. The topological polar surface area (TPSA) is 73.8 Å². The van der Waals surface area contributed by atoms with Gasteiger partial charge in [0.1, 0.15) is 0 Å². The van der Waals surface area contributed by atoms with Crippen molar-refractivity contribution in [2.75, 3.05) is 0 Å². The predicted octanol–water partition coefficient (Wildman–Crippen LogP) is 1.97. The van der Waals surface area contributed by atoms with Crippen molar-refractivity contribution in [1.29, 1.82) is 0 Å². The predicted molar refractivity (Wildman–Crippen MR) is 73.5 cm³/mol. The van der Waals surface area contributed by atoms with E-state index >= 15 is 0 Å². The lowest BCUT2D eigenvalue weighted by Crippen LogP contribution is -2.14. The molecule has 0 aliphatic heterocycles. The lowest BCUT2D eigenvalue weighted by molar-refractivity contribution is 0.413. The molecule has 0 amide bonds. The molecule has 0 unspecified atom stereocenters.